The number of carbonyl (C=O) groups excluding carboxylic acids is 1. The lowest BCUT2D eigenvalue weighted by Gasteiger charge is -2.09. The summed E-state index contributed by atoms with van der Waals surface area (Å²) in [6, 6.07) is 5.47. The fourth-order valence-electron chi connectivity index (χ4n) is 1.22. The number of rotatable bonds is 3. The van der Waals surface area contributed by atoms with Crippen LogP contribution in [0.5, 0.6) is 0 Å². The van der Waals surface area contributed by atoms with Crippen LogP contribution >= 0.6 is 15.9 Å². The molecule has 0 heterocycles. The first-order valence-electron chi connectivity index (χ1n) is 4.73. The molecule has 0 saturated heterocycles. The van der Waals surface area contributed by atoms with Crippen LogP contribution in [0, 0.1) is 6.92 Å². The van der Waals surface area contributed by atoms with E-state index in [0.29, 0.717) is 5.56 Å². The molecule has 0 aliphatic heterocycles. The van der Waals surface area contributed by atoms with Crippen molar-refractivity contribution in [3.8, 4) is 0 Å². The Morgan fingerprint density at radius 3 is 2.80 bits per heavy atom. The lowest BCUT2D eigenvalue weighted by molar-refractivity contribution is 0.0923. The third-order valence-electron chi connectivity index (χ3n) is 1.99. The Labute approximate surface area is 97.6 Å². The fourth-order valence-corrected chi connectivity index (χ4v) is 1.69. The molecule has 1 atom stereocenters. The number of aliphatic hydroxyl groups excluding tert-OH is 1. The van der Waals surface area contributed by atoms with Crippen molar-refractivity contribution < 1.29 is 9.90 Å². The van der Waals surface area contributed by atoms with E-state index < -0.39 is 6.10 Å². The van der Waals surface area contributed by atoms with Crippen molar-refractivity contribution in [3.63, 3.8) is 0 Å². The molecule has 1 rings (SSSR count). The molecule has 0 radical (unpaired) electrons. The standard InChI is InChI=1S/C11H14BrNO2/c1-7-5-9(12)3-4-10(7)11(15)13-6-8(2)14/h3-5,8,14H,6H2,1-2H3,(H,13,15). The molecule has 3 nitrogen and oxygen atoms in total. The highest BCUT2D eigenvalue weighted by atomic mass is 79.9. The summed E-state index contributed by atoms with van der Waals surface area (Å²) < 4.78 is 0.951. The molecule has 1 aromatic carbocycles. The summed E-state index contributed by atoms with van der Waals surface area (Å²) in [6.45, 7) is 3.78. The van der Waals surface area contributed by atoms with Crippen molar-refractivity contribution in [3.05, 3.63) is 33.8 Å². The third kappa shape index (κ3) is 3.64. The van der Waals surface area contributed by atoms with Crippen LogP contribution in [-0.4, -0.2) is 23.7 Å². The molecule has 1 aromatic rings. The lowest BCUT2D eigenvalue weighted by atomic mass is 10.1. The summed E-state index contributed by atoms with van der Waals surface area (Å²) in [5.41, 5.74) is 1.55. The number of nitrogens with one attached hydrogen (secondary N) is 1. The average Bonchev–Trinajstić information content (AvgIpc) is 2.14. The molecule has 0 fully saturated rings. The van der Waals surface area contributed by atoms with Gasteiger partial charge < -0.3 is 10.4 Å². The zero-order valence-electron chi connectivity index (χ0n) is 8.75. The highest BCUT2D eigenvalue weighted by molar-refractivity contribution is 9.10. The van der Waals surface area contributed by atoms with E-state index in [4.69, 9.17) is 5.11 Å². The Morgan fingerprint density at radius 2 is 2.27 bits per heavy atom. The summed E-state index contributed by atoms with van der Waals surface area (Å²) in [7, 11) is 0. The molecule has 1 unspecified atom stereocenters. The van der Waals surface area contributed by atoms with Crippen LogP contribution in [0.4, 0.5) is 0 Å². The highest BCUT2D eigenvalue weighted by Gasteiger charge is 2.09. The molecule has 0 saturated carbocycles. The van der Waals surface area contributed by atoms with E-state index in [1.165, 1.54) is 0 Å². The number of aliphatic hydroxyl groups is 1. The van der Waals surface area contributed by atoms with Gasteiger partial charge >= 0.3 is 0 Å². The maximum atomic E-state index is 11.6. The van der Waals surface area contributed by atoms with Gasteiger partial charge in [-0.05, 0) is 37.6 Å². The minimum atomic E-state index is -0.523. The van der Waals surface area contributed by atoms with Crippen molar-refractivity contribution in [1.29, 1.82) is 0 Å². The van der Waals surface area contributed by atoms with Crippen LogP contribution in [-0.2, 0) is 0 Å². The van der Waals surface area contributed by atoms with Crippen molar-refractivity contribution in [2.24, 2.45) is 0 Å². The summed E-state index contributed by atoms with van der Waals surface area (Å²) in [5, 5.41) is 11.7. The van der Waals surface area contributed by atoms with Gasteiger partial charge in [-0.25, -0.2) is 0 Å². The summed E-state index contributed by atoms with van der Waals surface area (Å²) in [4.78, 5) is 11.6. The van der Waals surface area contributed by atoms with E-state index in [0.717, 1.165) is 10.0 Å². The van der Waals surface area contributed by atoms with Crippen LogP contribution in [0.15, 0.2) is 22.7 Å². The smallest absolute Gasteiger partial charge is 0.251 e. The molecule has 4 heteroatoms. The van der Waals surface area contributed by atoms with Crippen molar-refractivity contribution in [2.75, 3.05) is 6.54 Å². The van der Waals surface area contributed by atoms with Gasteiger partial charge in [0.1, 0.15) is 0 Å². The molecule has 82 valence electrons. The van der Waals surface area contributed by atoms with Gasteiger partial charge in [0.2, 0.25) is 0 Å². The number of benzene rings is 1. The molecular formula is C11H14BrNO2. The second-order valence-electron chi connectivity index (χ2n) is 3.52. The monoisotopic (exact) mass is 271 g/mol. The number of halogens is 1. The molecule has 0 aromatic heterocycles. The number of amides is 1. The van der Waals surface area contributed by atoms with Gasteiger partial charge in [-0.15, -0.1) is 0 Å². The molecule has 0 aliphatic carbocycles. The quantitative estimate of drug-likeness (QED) is 0.882. The lowest BCUT2D eigenvalue weighted by Crippen LogP contribution is -2.30. The average molecular weight is 272 g/mol. The van der Waals surface area contributed by atoms with E-state index in [9.17, 15) is 4.79 Å². The van der Waals surface area contributed by atoms with Crippen LogP contribution in [0.2, 0.25) is 0 Å². The van der Waals surface area contributed by atoms with Crippen LogP contribution in [0.25, 0.3) is 0 Å². The highest BCUT2D eigenvalue weighted by Crippen LogP contribution is 2.15. The van der Waals surface area contributed by atoms with Gasteiger partial charge in [-0.2, -0.15) is 0 Å². The second-order valence-corrected chi connectivity index (χ2v) is 4.43. The zero-order valence-corrected chi connectivity index (χ0v) is 10.3. The van der Waals surface area contributed by atoms with E-state index in [2.05, 4.69) is 21.2 Å². The minimum absolute atomic E-state index is 0.152. The first-order valence-corrected chi connectivity index (χ1v) is 5.52. The Kier molecular flexibility index (Phi) is 4.29. The molecule has 0 spiro atoms. The Hall–Kier alpha value is -0.870. The summed E-state index contributed by atoms with van der Waals surface area (Å²) in [5.74, 6) is -0.152. The third-order valence-corrected chi connectivity index (χ3v) is 2.48. The summed E-state index contributed by atoms with van der Waals surface area (Å²) in [6.07, 6.45) is -0.523. The van der Waals surface area contributed by atoms with Gasteiger partial charge in [-0.1, -0.05) is 15.9 Å². The number of aryl methyl sites for hydroxylation is 1. The molecule has 0 aliphatic rings. The number of hydrogen-bond acceptors (Lipinski definition) is 2. The predicted octanol–water partition coefficient (Wildman–Crippen LogP) is 1.87. The van der Waals surface area contributed by atoms with Gasteiger partial charge in [0.05, 0.1) is 6.10 Å². The van der Waals surface area contributed by atoms with Crippen molar-refractivity contribution in [1.82, 2.24) is 5.32 Å². The second kappa shape index (κ2) is 5.28. The molecule has 0 bridgehead atoms. The first kappa shape index (κ1) is 12.2. The Bertz CT molecular complexity index is 364. The maximum Gasteiger partial charge on any atom is 0.251 e. The van der Waals surface area contributed by atoms with Gasteiger partial charge in [0, 0.05) is 16.6 Å². The Morgan fingerprint density at radius 1 is 1.60 bits per heavy atom. The van der Waals surface area contributed by atoms with E-state index in [-0.39, 0.29) is 12.5 Å². The van der Waals surface area contributed by atoms with Crippen LogP contribution < -0.4 is 5.32 Å². The predicted molar refractivity (Wildman–Crippen MR) is 62.9 cm³/mol. The topological polar surface area (TPSA) is 49.3 Å². The Balaban J connectivity index is 2.74. The fraction of sp³-hybridized carbons (Fsp3) is 0.364. The summed E-state index contributed by atoms with van der Waals surface area (Å²) >= 11 is 3.34. The van der Waals surface area contributed by atoms with Crippen molar-refractivity contribution in [2.45, 2.75) is 20.0 Å². The minimum Gasteiger partial charge on any atom is -0.392 e. The maximum absolute atomic E-state index is 11.6. The van der Waals surface area contributed by atoms with Gasteiger partial charge in [-0.3, -0.25) is 4.79 Å². The normalized spacial score (nSPS) is 12.3. The number of hydrogen-bond donors (Lipinski definition) is 2. The first-order chi connectivity index (χ1) is 7.00. The zero-order chi connectivity index (χ0) is 11.4. The SMILES string of the molecule is Cc1cc(Br)ccc1C(=O)NCC(C)O. The van der Waals surface area contributed by atoms with E-state index >= 15 is 0 Å². The molecule has 1 amide bonds. The van der Waals surface area contributed by atoms with Gasteiger partial charge in [0.25, 0.3) is 5.91 Å². The largest absolute Gasteiger partial charge is 0.392 e. The van der Waals surface area contributed by atoms with E-state index in [1.54, 1.807) is 13.0 Å². The van der Waals surface area contributed by atoms with Crippen LogP contribution in [0.3, 0.4) is 0 Å². The van der Waals surface area contributed by atoms with Crippen LogP contribution in [0.1, 0.15) is 22.8 Å². The van der Waals surface area contributed by atoms with Crippen molar-refractivity contribution >= 4 is 21.8 Å². The van der Waals surface area contributed by atoms with Gasteiger partial charge in [0.15, 0.2) is 0 Å². The number of carbonyl (C=O) groups is 1. The van der Waals surface area contributed by atoms with E-state index in [1.807, 2.05) is 19.1 Å². The molecule has 15 heavy (non-hydrogen) atoms. The molecular weight excluding hydrogens is 258 g/mol. The molecule has 2 N–H and O–H groups in total.